The number of methoxy groups -OCH3 is 1. The van der Waals surface area contributed by atoms with Crippen molar-refractivity contribution in [3.63, 3.8) is 0 Å². The molecule has 0 unspecified atom stereocenters. The topological polar surface area (TPSA) is 119 Å². The van der Waals surface area contributed by atoms with Crippen molar-refractivity contribution in [3.8, 4) is 5.75 Å². The Morgan fingerprint density at radius 2 is 1.86 bits per heavy atom. The summed E-state index contributed by atoms with van der Waals surface area (Å²) in [6.45, 7) is 1.26. The van der Waals surface area contributed by atoms with E-state index in [1.807, 2.05) is 30.3 Å². The van der Waals surface area contributed by atoms with Gasteiger partial charge in [0.2, 0.25) is 5.91 Å². The van der Waals surface area contributed by atoms with Gasteiger partial charge in [0, 0.05) is 34.7 Å². The van der Waals surface area contributed by atoms with E-state index in [2.05, 4.69) is 5.32 Å². The van der Waals surface area contributed by atoms with Crippen LogP contribution in [0.15, 0.2) is 71.6 Å². The van der Waals surface area contributed by atoms with Gasteiger partial charge in [-0.25, -0.2) is 8.42 Å². The number of nitrogens with zero attached hydrogens (tertiary/aromatic N) is 2. The van der Waals surface area contributed by atoms with E-state index < -0.39 is 27.4 Å². The number of carbonyl (C=O) groups excluding carboxylic acids is 1. The maximum Gasteiger partial charge on any atom is 0.273 e. The molecule has 3 aromatic carbocycles. The molecular weight excluding hydrogens is 538 g/mol. The highest BCUT2D eigenvalue weighted by Crippen LogP contribution is 2.35. The van der Waals surface area contributed by atoms with E-state index in [1.54, 1.807) is 11.8 Å². The van der Waals surface area contributed by atoms with Crippen LogP contribution in [0.1, 0.15) is 11.1 Å². The van der Waals surface area contributed by atoms with Gasteiger partial charge in [-0.2, -0.15) is 11.8 Å². The number of halogens is 1. The van der Waals surface area contributed by atoms with E-state index in [0.717, 1.165) is 21.7 Å². The first kappa shape index (κ1) is 28.3. The van der Waals surface area contributed by atoms with E-state index in [9.17, 15) is 23.3 Å². The molecule has 9 nitrogen and oxygen atoms in total. The van der Waals surface area contributed by atoms with Gasteiger partial charge in [0.15, 0.2) is 0 Å². The molecule has 0 bridgehead atoms. The molecule has 1 N–H and O–H groups in total. The van der Waals surface area contributed by atoms with Crippen LogP contribution in [0.2, 0.25) is 5.02 Å². The van der Waals surface area contributed by atoms with Crippen molar-refractivity contribution in [1.82, 2.24) is 5.32 Å². The number of benzene rings is 3. The largest absolute Gasteiger partial charge is 0.495 e. The number of aryl methyl sites for hydroxylation is 1. The van der Waals surface area contributed by atoms with Crippen LogP contribution in [0.4, 0.5) is 11.4 Å². The van der Waals surface area contributed by atoms with Gasteiger partial charge >= 0.3 is 0 Å². The summed E-state index contributed by atoms with van der Waals surface area (Å²) in [7, 11) is -3.06. The van der Waals surface area contributed by atoms with Crippen molar-refractivity contribution in [1.29, 1.82) is 0 Å². The highest BCUT2D eigenvalue weighted by atomic mass is 35.5. The maximum atomic E-state index is 13.7. The molecular formula is C25H26ClN3O6S2. The number of anilines is 1. The zero-order chi connectivity index (χ0) is 27.0. The average Bonchev–Trinajstić information content (AvgIpc) is 2.87. The minimum Gasteiger partial charge on any atom is -0.495 e. The van der Waals surface area contributed by atoms with Crippen LogP contribution in [0, 0.1) is 17.0 Å². The van der Waals surface area contributed by atoms with Gasteiger partial charge in [-0.3, -0.25) is 19.2 Å². The number of ether oxygens (including phenoxy) is 1. The van der Waals surface area contributed by atoms with Crippen LogP contribution in [0.25, 0.3) is 0 Å². The molecule has 0 heterocycles. The van der Waals surface area contributed by atoms with E-state index in [0.29, 0.717) is 17.9 Å². The Morgan fingerprint density at radius 3 is 2.54 bits per heavy atom. The number of hydrogen-bond acceptors (Lipinski definition) is 7. The van der Waals surface area contributed by atoms with E-state index in [-0.39, 0.29) is 27.0 Å². The lowest BCUT2D eigenvalue weighted by molar-refractivity contribution is -0.385. The number of nitrogens with one attached hydrogen (secondary N) is 1. The standard InChI is InChI=1S/C25H26ClN3O6S2/c1-18-8-10-21(15-22(18)29(31)32)37(33,34)28(23-14-20(26)9-11-24(23)35-2)16-25(30)27-12-13-36-17-19-6-4-3-5-7-19/h3-11,14-15H,12-13,16-17H2,1-2H3,(H,27,30). The number of nitro groups is 1. The summed E-state index contributed by atoms with van der Waals surface area (Å²) in [4.78, 5) is 23.3. The predicted molar refractivity (Wildman–Crippen MR) is 146 cm³/mol. The van der Waals surface area contributed by atoms with Crippen LogP contribution >= 0.6 is 23.4 Å². The summed E-state index contributed by atoms with van der Waals surface area (Å²) >= 11 is 7.77. The number of amides is 1. The Bertz CT molecular complexity index is 1370. The second-order valence-electron chi connectivity index (χ2n) is 7.92. The molecule has 0 atom stereocenters. The molecule has 0 spiro atoms. The summed E-state index contributed by atoms with van der Waals surface area (Å²) < 4.78 is 33.5. The number of nitro benzene ring substituents is 1. The smallest absolute Gasteiger partial charge is 0.273 e. The summed E-state index contributed by atoms with van der Waals surface area (Å²) in [6, 6.07) is 17.9. The van der Waals surface area contributed by atoms with Gasteiger partial charge in [-0.15, -0.1) is 0 Å². The predicted octanol–water partition coefficient (Wildman–Crippen LogP) is 4.81. The van der Waals surface area contributed by atoms with E-state index in [4.69, 9.17) is 16.3 Å². The van der Waals surface area contributed by atoms with Crippen molar-refractivity contribution in [2.24, 2.45) is 0 Å². The van der Waals surface area contributed by atoms with Gasteiger partial charge in [-0.1, -0.05) is 48.0 Å². The molecule has 196 valence electrons. The van der Waals surface area contributed by atoms with Crippen molar-refractivity contribution in [2.75, 3.05) is 30.3 Å². The SMILES string of the molecule is COc1ccc(Cl)cc1N(CC(=O)NCCSCc1ccccc1)S(=O)(=O)c1ccc(C)c([N+](=O)[O-])c1. The maximum absolute atomic E-state index is 13.7. The minimum atomic E-state index is -4.42. The summed E-state index contributed by atoms with van der Waals surface area (Å²) in [6.07, 6.45) is 0. The molecule has 3 aromatic rings. The molecule has 0 aliphatic rings. The first-order chi connectivity index (χ1) is 17.6. The van der Waals surface area contributed by atoms with Crippen molar-refractivity contribution < 1.29 is 22.9 Å². The number of thioether (sulfide) groups is 1. The van der Waals surface area contributed by atoms with Gasteiger partial charge < -0.3 is 10.1 Å². The molecule has 0 aliphatic carbocycles. The number of carbonyl (C=O) groups is 1. The molecule has 0 saturated carbocycles. The Balaban J connectivity index is 1.83. The highest BCUT2D eigenvalue weighted by Gasteiger charge is 2.31. The molecule has 0 radical (unpaired) electrons. The van der Waals surface area contributed by atoms with Crippen LogP contribution in [0.5, 0.6) is 5.75 Å². The highest BCUT2D eigenvalue weighted by molar-refractivity contribution is 7.98. The molecule has 0 aromatic heterocycles. The quantitative estimate of drug-likeness (QED) is 0.191. The fourth-order valence-electron chi connectivity index (χ4n) is 3.44. The van der Waals surface area contributed by atoms with Gasteiger partial charge in [0.1, 0.15) is 12.3 Å². The van der Waals surface area contributed by atoms with Crippen LogP contribution in [-0.2, 0) is 20.6 Å². The third kappa shape index (κ3) is 7.37. The zero-order valence-corrected chi connectivity index (χ0v) is 22.6. The second-order valence-corrected chi connectivity index (χ2v) is 11.3. The lowest BCUT2D eigenvalue weighted by Gasteiger charge is -2.26. The third-order valence-corrected chi connectivity index (χ3v) is 8.36. The molecule has 12 heteroatoms. The van der Waals surface area contributed by atoms with E-state index in [1.165, 1.54) is 44.4 Å². The third-order valence-electron chi connectivity index (χ3n) is 5.34. The normalized spacial score (nSPS) is 11.1. The zero-order valence-electron chi connectivity index (χ0n) is 20.2. The number of rotatable bonds is 12. The monoisotopic (exact) mass is 563 g/mol. The van der Waals surface area contributed by atoms with E-state index >= 15 is 0 Å². The molecule has 37 heavy (non-hydrogen) atoms. The van der Waals surface area contributed by atoms with Gasteiger partial charge in [0.05, 0.1) is 22.6 Å². The van der Waals surface area contributed by atoms with Crippen molar-refractivity contribution >= 4 is 50.7 Å². The fourth-order valence-corrected chi connectivity index (χ4v) is 5.87. The average molecular weight is 564 g/mol. The van der Waals surface area contributed by atoms with Crippen LogP contribution in [0.3, 0.4) is 0 Å². The Labute approximate surface area is 225 Å². The lowest BCUT2D eigenvalue weighted by atomic mass is 10.2. The molecule has 1 amide bonds. The Morgan fingerprint density at radius 1 is 1.14 bits per heavy atom. The van der Waals surface area contributed by atoms with Crippen LogP contribution in [-0.4, -0.2) is 45.2 Å². The molecule has 3 rings (SSSR count). The first-order valence-electron chi connectivity index (χ1n) is 11.1. The molecule has 0 aliphatic heterocycles. The van der Waals surface area contributed by atoms with Crippen molar-refractivity contribution in [2.45, 2.75) is 17.6 Å². The molecule has 0 saturated heterocycles. The lowest BCUT2D eigenvalue weighted by Crippen LogP contribution is -2.41. The van der Waals surface area contributed by atoms with Crippen LogP contribution < -0.4 is 14.4 Å². The Hall–Kier alpha value is -3.28. The summed E-state index contributed by atoms with van der Waals surface area (Å²) in [5.41, 5.74) is 1.16. The number of hydrogen-bond donors (Lipinski definition) is 1. The molecule has 0 fully saturated rings. The summed E-state index contributed by atoms with van der Waals surface area (Å²) in [5.74, 6) is 1.02. The number of sulfonamides is 1. The first-order valence-corrected chi connectivity index (χ1v) is 14.1. The second kappa shape index (κ2) is 12.8. The summed E-state index contributed by atoms with van der Waals surface area (Å²) in [5, 5.41) is 14.4. The van der Waals surface area contributed by atoms with Crippen molar-refractivity contribution in [3.05, 3.63) is 93.0 Å². The van der Waals surface area contributed by atoms with Gasteiger partial charge in [-0.05, 0) is 36.8 Å². The Kier molecular flexibility index (Phi) is 9.79. The van der Waals surface area contributed by atoms with Gasteiger partial charge in [0.25, 0.3) is 15.7 Å². The minimum absolute atomic E-state index is 0.0341. The fraction of sp³-hybridized carbons (Fsp3) is 0.240.